The van der Waals surface area contributed by atoms with Crippen LogP contribution in [0.3, 0.4) is 0 Å². The van der Waals surface area contributed by atoms with Gasteiger partial charge in [-0.15, -0.1) is 34.0 Å². The summed E-state index contributed by atoms with van der Waals surface area (Å²) in [6.07, 6.45) is 1.11. The van der Waals surface area contributed by atoms with Crippen LogP contribution in [0.15, 0.2) is 43.5 Å². The summed E-state index contributed by atoms with van der Waals surface area (Å²) in [5.41, 5.74) is 1.36. The quantitative estimate of drug-likeness (QED) is 0.0760. The molecule has 0 spiro atoms. The van der Waals surface area contributed by atoms with Crippen molar-refractivity contribution in [3.8, 4) is 0 Å². The van der Waals surface area contributed by atoms with Crippen LogP contribution in [0.5, 0.6) is 0 Å². The van der Waals surface area contributed by atoms with Gasteiger partial charge in [0.2, 0.25) is 10.0 Å². The summed E-state index contributed by atoms with van der Waals surface area (Å²) in [6, 6.07) is 3.41. The molecule has 6 heterocycles. The van der Waals surface area contributed by atoms with Crippen molar-refractivity contribution in [3.63, 3.8) is 0 Å². The van der Waals surface area contributed by atoms with Crippen LogP contribution < -0.4 is 20.7 Å². The second-order valence-corrected chi connectivity index (χ2v) is 36.5. The summed E-state index contributed by atoms with van der Waals surface area (Å²) in [7, 11) is -23.0. The molecule has 0 aliphatic carbocycles. The zero-order valence-electron chi connectivity index (χ0n) is 41.0. The van der Waals surface area contributed by atoms with E-state index in [-0.39, 0.29) is 114 Å². The Morgan fingerprint density at radius 1 is 0.606 bits per heavy atom. The highest BCUT2D eigenvalue weighted by atomic mass is 32.3. The number of rotatable bonds is 27. The van der Waals surface area contributed by atoms with Gasteiger partial charge in [0.1, 0.15) is 25.3 Å². The van der Waals surface area contributed by atoms with Crippen molar-refractivity contribution in [1.29, 1.82) is 0 Å². The molecule has 0 amide bonds. The van der Waals surface area contributed by atoms with Crippen molar-refractivity contribution in [2.24, 2.45) is 5.92 Å². The number of thiophene rings is 3. The molecule has 6 rings (SSSR count). The molecule has 71 heavy (non-hydrogen) atoms. The van der Waals surface area contributed by atoms with Crippen LogP contribution in [-0.2, 0) is 73.4 Å². The topological polar surface area (TPSA) is 281 Å². The molecule has 0 saturated heterocycles. The van der Waals surface area contributed by atoms with Crippen LogP contribution >= 0.6 is 34.0 Å². The normalized spacial score (nSPS) is 24.0. The lowest BCUT2D eigenvalue weighted by molar-refractivity contribution is -0.00418. The van der Waals surface area contributed by atoms with Crippen molar-refractivity contribution in [1.82, 2.24) is 20.7 Å². The van der Waals surface area contributed by atoms with E-state index in [1.165, 1.54) is 18.2 Å². The van der Waals surface area contributed by atoms with Crippen molar-refractivity contribution in [3.05, 3.63) is 34.9 Å². The van der Waals surface area contributed by atoms with Crippen LogP contribution in [0.25, 0.3) is 0 Å². The minimum absolute atomic E-state index is 0.00522. The largest absolute Gasteiger partial charge is 0.381 e. The monoisotopic (exact) mass is 1170 g/mol. The lowest BCUT2D eigenvalue weighted by Gasteiger charge is -2.35. The molecule has 0 saturated carbocycles. The van der Waals surface area contributed by atoms with Gasteiger partial charge in [0.25, 0.3) is 0 Å². The van der Waals surface area contributed by atoms with Crippen molar-refractivity contribution < 1.29 is 64.7 Å². The molecule has 4 N–H and O–H groups in total. The fourth-order valence-electron chi connectivity index (χ4n) is 8.84. The number of hydrogen-bond acceptors (Lipinski definition) is 21. The Hall–Kier alpha value is -1.48. The highest BCUT2D eigenvalue weighted by Crippen LogP contribution is 2.48. The third-order valence-electron chi connectivity index (χ3n) is 12.8. The number of sulfone groups is 5. The molecule has 28 heteroatoms. The Labute approximate surface area is 432 Å². The van der Waals surface area contributed by atoms with Crippen molar-refractivity contribution in [2.75, 3.05) is 77.3 Å². The van der Waals surface area contributed by atoms with E-state index in [1.807, 2.05) is 20.8 Å². The van der Waals surface area contributed by atoms with Gasteiger partial charge in [-0.3, -0.25) is 0 Å². The van der Waals surface area contributed by atoms with Crippen LogP contribution in [0, 0.1) is 5.92 Å². The molecule has 0 radical (unpaired) electrons. The molecule has 19 nitrogen and oxygen atoms in total. The van der Waals surface area contributed by atoms with E-state index < -0.39 is 80.4 Å². The van der Waals surface area contributed by atoms with Crippen LogP contribution in [0.2, 0.25) is 0 Å². The number of fused-ring (bicyclic) bond motifs is 3. The smallest absolute Gasteiger partial charge is 0.250 e. The first-order valence-corrected chi connectivity index (χ1v) is 35.5. The van der Waals surface area contributed by atoms with E-state index >= 15 is 0 Å². The SMILES string of the molecule is CCN[C@H]1C[C@H](C)S(=O)(=O)c2sc(S(=O)(=O)CCCOCC(COCCCS(=O)(=O)c3cc4c(s3)S(=O)(=O)C(C)(C)C[C@@H]4NCC)COCCNS(=O)(=O)c3cc4c(s3)S(=O)(=O)[C@@H](C)C[C@@H]4NCC)cc21. The van der Waals surface area contributed by atoms with E-state index in [4.69, 9.17) is 14.2 Å². The van der Waals surface area contributed by atoms with E-state index in [0.717, 1.165) is 22.7 Å². The Balaban J connectivity index is 1.05. The Morgan fingerprint density at radius 2 is 1.00 bits per heavy atom. The third-order valence-corrected chi connectivity index (χ3v) is 31.5. The highest BCUT2D eigenvalue weighted by molar-refractivity contribution is 7.97. The average Bonchev–Trinajstić information content (AvgIpc) is 4.07. The zero-order valence-corrected chi connectivity index (χ0v) is 48.4. The third kappa shape index (κ3) is 13.0. The molecule has 0 fully saturated rings. The maximum atomic E-state index is 13.5. The molecule has 1 unspecified atom stereocenters. The minimum Gasteiger partial charge on any atom is -0.381 e. The first-order valence-electron chi connectivity index (χ1n) is 23.7. The fourth-order valence-corrected chi connectivity index (χ4v) is 25.0. The minimum atomic E-state index is -4.12. The highest BCUT2D eigenvalue weighted by Gasteiger charge is 2.47. The van der Waals surface area contributed by atoms with E-state index in [0.29, 0.717) is 66.9 Å². The Bertz CT molecular complexity index is 2900. The summed E-state index contributed by atoms with van der Waals surface area (Å²) in [5.74, 6) is -1.09. The standard InChI is InChI=1S/C43H68N4O15S9/c1-8-44-34-19-28(4)68(52,53)40-31(34)21-37(63-40)66(48,49)17-11-14-60-25-30(27-62-16-13-47-71(58,59)39-23-32-35(45-9-2)20-29(5)69(54,55)41(32)65-39)26-61-15-12-18-67(50,51)38-22-33-36(46-10-3)24-43(6,7)70(56,57)42(33)64-38/h21-23,28-30,34-36,44-47H,8-20,24-27H2,1-7H3/t28-,29-,30?,34-,35-,36-/m0/s1. The number of nitrogens with one attached hydrogen (secondary N) is 4. The lowest BCUT2D eigenvalue weighted by Crippen LogP contribution is -2.41. The number of ether oxygens (including phenoxy) is 3. The lowest BCUT2D eigenvalue weighted by atomic mass is 9.97. The van der Waals surface area contributed by atoms with Crippen molar-refractivity contribution >= 4 is 93.2 Å². The summed E-state index contributed by atoms with van der Waals surface area (Å²) in [4.78, 5) is 0. The summed E-state index contributed by atoms with van der Waals surface area (Å²) in [6.45, 7) is 13.7. The zero-order chi connectivity index (χ0) is 52.4. The molecule has 404 valence electrons. The maximum absolute atomic E-state index is 13.5. The predicted octanol–water partition coefficient (Wildman–Crippen LogP) is 4.58. The molecule has 6 atom stereocenters. The molecule has 3 aliphatic rings. The number of sulfonamides is 1. The summed E-state index contributed by atoms with van der Waals surface area (Å²) in [5, 5.41) is 8.44. The van der Waals surface area contributed by atoms with Gasteiger partial charge in [-0.1, -0.05) is 20.8 Å². The predicted molar refractivity (Wildman–Crippen MR) is 275 cm³/mol. The summed E-state index contributed by atoms with van der Waals surface area (Å²) >= 11 is 2.25. The van der Waals surface area contributed by atoms with Gasteiger partial charge in [-0.2, -0.15) is 0 Å². The van der Waals surface area contributed by atoms with Gasteiger partial charge in [0.15, 0.2) is 49.2 Å². The van der Waals surface area contributed by atoms with Gasteiger partial charge in [-0.05, 0) is 103 Å². The molecule has 0 bridgehead atoms. The maximum Gasteiger partial charge on any atom is 0.250 e. The fraction of sp³-hybridized carbons (Fsp3) is 0.721. The number of hydrogen-bond donors (Lipinski definition) is 4. The van der Waals surface area contributed by atoms with E-state index in [9.17, 15) is 50.5 Å². The first kappa shape index (κ1) is 58.8. The van der Waals surface area contributed by atoms with Gasteiger partial charge in [-0.25, -0.2) is 55.2 Å². The van der Waals surface area contributed by atoms with Gasteiger partial charge in [0.05, 0.1) is 53.2 Å². The molecule has 3 aromatic rings. The molecule has 3 aliphatic heterocycles. The second kappa shape index (κ2) is 23.4. The molecular weight excluding hydrogens is 1100 g/mol. The second-order valence-electron chi connectivity index (χ2n) is 18.7. The van der Waals surface area contributed by atoms with Crippen molar-refractivity contribution in [2.45, 2.75) is 139 Å². The van der Waals surface area contributed by atoms with Crippen LogP contribution in [-0.4, -0.2) is 143 Å². The van der Waals surface area contributed by atoms with E-state index in [2.05, 4.69) is 20.7 Å². The average molecular weight is 1170 g/mol. The molecular formula is C43H68N4O15S9. The van der Waals surface area contributed by atoms with Gasteiger partial charge >= 0.3 is 0 Å². The first-order chi connectivity index (χ1) is 33.1. The van der Waals surface area contributed by atoms with E-state index in [1.54, 1.807) is 27.7 Å². The molecule has 0 aromatic carbocycles. The van der Waals surface area contributed by atoms with Gasteiger partial charge < -0.3 is 30.2 Å². The Morgan fingerprint density at radius 3 is 1.46 bits per heavy atom. The van der Waals surface area contributed by atoms with Crippen LogP contribution in [0.1, 0.15) is 115 Å². The summed E-state index contributed by atoms with van der Waals surface area (Å²) < 4.78 is 179. The Kier molecular flexibility index (Phi) is 19.4. The molecule has 3 aromatic heterocycles. The van der Waals surface area contributed by atoms with Gasteiger partial charge in [0, 0.05) is 54.9 Å². The van der Waals surface area contributed by atoms with Crippen LogP contribution in [0.4, 0.5) is 0 Å².